The van der Waals surface area contributed by atoms with E-state index in [0.29, 0.717) is 5.95 Å². The molecule has 7 aromatic carbocycles. The van der Waals surface area contributed by atoms with Crippen molar-refractivity contribution in [3.63, 3.8) is 0 Å². The maximum Gasteiger partial charge on any atom is 0.235 e. The van der Waals surface area contributed by atoms with Crippen LogP contribution in [0.3, 0.4) is 0 Å². The molecule has 0 radical (unpaired) electrons. The Morgan fingerprint density at radius 1 is 0.385 bits per heavy atom. The van der Waals surface area contributed by atoms with Crippen molar-refractivity contribution >= 4 is 21.8 Å². The van der Waals surface area contributed by atoms with E-state index < -0.39 is 0 Å². The number of hydrogen-bond acceptors (Lipinski definition) is 2. The van der Waals surface area contributed by atoms with Gasteiger partial charge in [0.15, 0.2) is 0 Å². The van der Waals surface area contributed by atoms with Gasteiger partial charge in [0.2, 0.25) is 5.95 Å². The lowest BCUT2D eigenvalue weighted by Gasteiger charge is -2.22. The summed E-state index contributed by atoms with van der Waals surface area (Å²) in [6.45, 7) is 4.68. The predicted molar refractivity (Wildman–Crippen MR) is 216 cm³/mol. The van der Waals surface area contributed by atoms with Gasteiger partial charge in [-0.15, -0.1) is 0 Å². The van der Waals surface area contributed by atoms with Crippen molar-refractivity contribution in [1.29, 1.82) is 0 Å². The quantitative estimate of drug-likeness (QED) is 0.183. The summed E-state index contributed by atoms with van der Waals surface area (Å²) in [6.07, 6.45) is 0. The Balaban J connectivity index is 1.13. The van der Waals surface area contributed by atoms with Gasteiger partial charge in [0.05, 0.1) is 22.4 Å². The molecule has 10 rings (SSSR count). The highest BCUT2D eigenvalue weighted by Gasteiger charge is 2.35. The maximum atomic E-state index is 5.24. The van der Waals surface area contributed by atoms with Crippen molar-refractivity contribution in [2.24, 2.45) is 0 Å². The maximum absolute atomic E-state index is 5.24. The third-order valence-corrected chi connectivity index (χ3v) is 10.8. The first-order valence-corrected chi connectivity index (χ1v) is 17.9. The molecule has 1 aliphatic rings. The van der Waals surface area contributed by atoms with Gasteiger partial charge in [-0.25, -0.2) is 9.97 Å². The summed E-state index contributed by atoms with van der Waals surface area (Å²) in [7, 11) is 0. The van der Waals surface area contributed by atoms with Gasteiger partial charge in [-0.05, 0) is 74.8 Å². The van der Waals surface area contributed by atoms with E-state index in [1.165, 1.54) is 49.7 Å². The number of aromatic nitrogens is 3. The lowest BCUT2D eigenvalue weighted by atomic mass is 9.81. The molecule has 0 spiro atoms. The Hall–Kier alpha value is -6.58. The minimum atomic E-state index is -0.0434. The molecule has 0 unspecified atom stereocenters. The van der Waals surface area contributed by atoms with Gasteiger partial charge < -0.3 is 0 Å². The summed E-state index contributed by atoms with van der Waals surface area (Å²) in [5, 5.41) is 2.35. The molecule has 0 saturated heterocycles. The van der Waals surface area contributed by atoms with Gasteiger partial charge in [-0.2, -0.15) is 0 Å². The van der Waals surface area contributed by atoms with E-state index >= 15 is 0 Å². The summed E-state index contributed by atoms with van der Waals surface area (Å²) >= 11 is 0. The molecule has 1 aliphatic carbocycles. The van der Waals surface area contributed by atoms with Crippen LogP contribution in [-0.2, 0) is 5.41 Å². The predicted octanol–water partition coefficient (Wildman–Crippen LogP) is 12.5. The minimum absolute atomic E-state index is 0.0434. The van der Waals surface area contributed by atoms with E-state index in [-0.39, 0.29) is 5.41 Å². The zero-order valence-electron chi connectivity index (χ0n) is 29.1. The SMILES string of the molecule is CC1(C)c2ccccc2-c2ccc(-c3cccc(-c4ccc5c6ccccc6n(-c6nc(-c7ccccc7)cc(-c7ccccc7)n6)c5c4)c3)cc21. The normalized spacial score (nSPS) is 13.0. The fourth-order valence-corrected chi connectivity index (χ4v) is 8.18. The van der Waals surface area contributed by atoms with Crippen LogP contribution in [0.2, 0.25) is 0 Å². The Kier molecular flexibility index (Phi) is 6.84. The first-order chi connectivity index (χ1) is 25.5. The molecule has 2 heterocycles. The Morgan fingerprint density at radius 2 is 0.923 bits per heavy atom. The second kappa shape index (κ2) is 11.8. The molecule has 246 valence electrons. The van der Waals surface area contributed by atoms with Crippen LogP contribution in [0, 0.1) is 0 Å². The van der Waals surface area contributed by atoms with Crippen molar-refractivity contribution in [2.45, 2.75) is 19.3 Å². The van der Waals surface area contributed by atoms with Gasteiger partial charge in [-0.1, -0.05) is 159 Å². The van der Waals surface area contributed by atoms with Gasteiger partial charge in [0.1, 0.15) is 0 Å². The van der Waals surface area contributed by atoms with Crippen molar-refractivity contribution in [1.82, 2.24) is 14.5 Å². The van der Waals surface area contributed by atoms with Crippen LogP contribution < -0.4 is 0 Å². The molecular formula is C49H35N3. The first-order valence-electron chi connectivity index (χ1n) is 17.9. The summed E-state index contributed by atoms with van der Waals surface area (Å²) in [5.41, 5.74) is 16.2. The summed E-state index contributed by atoms with van der Waals surface area (Å²) in [4.78, 5) is 10.5. The second-order valence-electron chi connectivity index (χ2n) is 14.3. The van der Waals surface area contributed by atoms with E-state index in [4.69, 9.17) is 9.97 Å². The van der Waals surface area contributed by atoms with Crippen LogP contribution >= 0.6 is 0 Å². The van der Waals surface area contributed by atoms with Crippen LogP contribution in [0.1, 0.15) is 25.0 Å². The average molecular weight is 666 g/mol. The Morgan fingerprint density at radius 3 is 1.65 bits per heavy atom. The van der Waals surface area contributed by atoms with E-state index in [1.807, 2.05) is 12.1 Å². The number of fused-ring (bicyclic) bond motifs is 6. The first kappa shape index (κ1) is 30.3. The molecule has 3 heteroatoms. The highest BCUT2D eigenvalue weighted by molar-refractivity contribution is 6.10. The third-order valence-electron chi connectivity index (χ3n) is 10.8. The summed E-state index contributed by atoms with van der Waals surface area (Å²) < 4.78 is 2.23. The van der Waals surface area contributed by atoms with E-state index in [2.05, 4.69) is 182 Å². The third kappa shape index (κ3) is 4.81. The molecule has 0 fully saturated rings. The summed E-state index contributed by atoms with van der Waals surface area (Å²) in [6, 6.07) is 63.0. The fourth-order valence-electron chi connectivity index (χ4n) is 8.18. The van der Waals surface area contributed by atoms with Crippen LogP contribution in [-0.4, -0.2) is 14.5 Å². The lowest BCUT2D eigenvalue weighted by Crippen LogP contribution is -2.14. The molecule has 0 N–H and O–H groups in total. The van der Waals surface area contributed by atoms with E-state index in [1.54, 1.807) is 0 Å². The van der Waals surface area contributed by atoms with Crippen molar-refractivity contribution in [3.8, 4) is 61.8 Å². The Bertz CT molecular complexity index is 2750. The zero-order chi connectivity index (χ0) is 34.8. The minimum Gasteiger partial charge on any atom is -0.278 e. The fraction of sp³-hybridized carbons (Fsp3) is 0.0612. The number of benzene rings is 7. The molecule has 0 amide bonds. The van der Waals surface area contributed by atoms with Gasteiger partial charge >= 0.3 is 0 Å². The molecule has 9 aromatic rings. The highest BCUT2D eigenvalue weighted by atomic mass is 15.2. The molecule has 0 saturated carbocycles. The average Bonchev–Trinajstić information content (AvgIpc) is 3.66. The monoisotopic (exact) mass is 665 g/mol. The number of hydrogen-bond donors (Lipinski definition) is 0. The van der Waals surface area contributed by atoms with Gasteiger partial charge in [0, 0.05) is 27.3 Å². The van der Waals surface area contributed by atoms with E-state index in [9.17, 15) is 0 Å². The molecule has 0 atom stereocenters. The summed E-state index contributed by atoms with van der Waals surface area (Å²) in [5.74, 6) is 0.652. The van der Waals surface area contributed by atoms with Gasteiger partial charge in [0.25, 0.3) is 0 Å². The highest BCUT2D eigenvalue weighted by Crippen LogP contribution is 2.49. The molecule has 0 bridgehead atoms. The zero-order valence-corrected chi connectivity index (χ0v) is 29.1. The van der Waals surface area contributed by atoms with Gasteiger partial charge in [-0.3, -0.25) is 4.57 Å². The van der Waals surface area contributed by atoms with Crippen molar-refractivity contribution < 1.29 is 0 Å². The molecule has 2 aromatic heterocycles. The Labute approximate surface area is 303 Å². The molecular weight excluding hydrogens is 631 g/mol. The lowest BCUT2D eigenvalue weighted by molar-refractivity contribution is 0.660. The second-order valence-corrected chi connectivity index (χ2v) is 14.3. The van der Waals surface area contributed by atoms with Crippen LogP contribution in [0.4, 0.5) is 0 Å². The number of nitrogens with zero attached hydrogens (tertiary/aromatic N) is 3. The molecule has 3 nitrogen and oxygen atoms in total. The van der Waals surface area contributed by atoms with Crippen LogP contribution in [0.25, 0.3) is 83.6 Å². The van der Waals surface area contributed by atoms with Crippen LogP contribution in [0.5, 0.6) is 0 Å². The molecule has 0 aliphatic heterocycles. The number of para-hydroxylation sites is 1. The van der Waals surface area contributed by atoms with Crippen molar-refractivity contribution in [2.75, 3.05) is 0 Å². The van der Waals surface area contributed by atoms with E-state index in [0.717, 1.165) is 39.1 Å². The van der Waals surface area contributed by atoms with Crippen LogP contribution in [0.15, 0.2) is 176 Å². The largest absolute Gasteiger partial charge is 0.278 e. The molecule has 52 heavy (non-hydrogen) atoms. The standard InChI is InChI=1S/C49H35N3/c1-49(2)42-22-11-9-20-38(42)39-26-24-36(29-43(39)49)34-18-13-19-35(28-34)37-25-27-41-40-21-10-12-23-46(40)52(47(41)30-37)48-50-44(32-14-5-3-6-15-32)31-45(51-48)33-16-7-4-8-17-33/h3-31H,1-2H3. The smallest absolute Gasteiger partial charge is 0.235 e. The number of rotatable bonds is 5. The van der Waals surface area contributed by atoms with Crippen molar-refractivity contribution in [3.05, 3.63) is 187 Å². The topological polar surface area (TPSA) is 30.7 Å².